The van der Waals surface area contributed by atoms with Gasteiger partial charge in [-0.3, -0.25) is 4.98 Å². The van der Waals surface area contributed by atoms with E-state index in [0.717, 1.165) is 23.1 Å². The minimum absolute atomic E-state index is 0.241. The van der Waals surface area contributed by atoms with Crippen LogP contribution in [-0.4, -0.2) is 4.98 Å². The third-order valence-corrected chi connectivity index (χ3v) is 4.18. The molecule has 102 valence electrons. The molecular formula is C16H14FNOS. The molecule has 0 aliphatic carbocycles. The Morgan fingerprint density at radius 2 is 2.05 bits per heavy atom. The molecule has 3 aromatic rings. The molecule has 1 aromatic carbocycles. The summed E-state index contributed by atoms with van der Waals surface area (Å²) >= 11 is 1.66. The van der Waals surface area contributed by atoms with Crippen molar-refractivity contribution in [3.8, 4) is 11.5 Å². The standard InChI is InChI=1S/C16H14FNOS/c1-2-5-11-10-13-16(20-11)15(8-9-18-13)19-14-7-4-3-6-12(14)17/h3-4,6-10H,2,5H2,1H3. The van der Waals surface area contributed by atoms with Crippen molar-refractivity contribution in [3.05, 3.63) is 53.3 Å². The van der Waals surface area contributed by atoms with Crippen molar-refractivity contribution < 1.29 is 9.13 Å². The number of thiophene rings is 1. The fraction of sp³-hybridized carbons (Fsp3) is 0.188. The quantitative estimate of drug-likeness (QED) is 0.659. The largest absolute Gasteiger partial charge is 0.453 e. The molecule has 0 saturated carbocycles. The predicted octanol–water partition coefficient (Wildman–Crippen LogP) is 5.18. The van der Waals surface area contributed by atoms with Gasteiger partial charge in [-0.1, -0.05) is 25.5 Å². The highest BCUT2D eigenvalue weighted by Gasteiger charge is 2.10. The van der Waals surface area contributed by atoms with Crippen molar-refractivity contribution in [2.75, 3.05) is 0 Å². The zero-order valence-corrected chi connectivity index (χ0v) is 11.9. The van der Waals surface area contributed by atoms with Crippen molar-refractivity contribution in [3.63, 3.8) is 0 Å². The molecule has 0 bridgehead atoms. The van der Waals surface area contributed by atoms with Crippen LogP contribution >= 0.6 is 11.3 Å². The molecule has 2 nitrogen and oxygen atoms in total. The molecule has 2 heterocycles. The van der Waals surface area contributed by atoms with Crippen molar-refractivity contribution in [2.24, 2.45) is 0 Å². The first-order valence-corrected chi connectivity index (χ1v) is 7.39. The summed E-state index contributed by atoms with van der Waals surface area (Å²) < 4.78 is 20.3. The van der Waals surface area contributed by atoms with Gasteiger partial charge in [-0.15, -0.1) is 11.3 Å². The molecule has 0 N–H and O–H groups in total. The van der Waals surface area contributed by atoms with Gasteiger partial charge in [0.1, 0.15) is 5.75 Å². The van der Waals surface area contributed by atoms with Gasteiger partial charge in [-0.25, -0.2) is 4.39 Å². The van der Waals surface area contributed by atoms with Crippen LogP contribution in [0.3, 0.4) is 0 Å². The van der Waals surface area contributed by atoms with E-state index in [1.54, 1.807) is 41.8 Å². The van der Waals surface area contributed by atoms with E-state index >= 15 is 0 Å². The molecule has 3 rings (SSSR count). The van der Waals surface area contributed by atoms with Crippen LogP contribution in [0, 0.1) is 5.82 Å². The van der Waals surface area contributed by atoms with E-state index in [1.165, 1.54) is 10.9 Å². The summed E-state index contributed by atoms with van der Waals surface area (Å²) in [6.07, 6.45) is 3.82. The van der Waals surface area contributed by atoms with Crippen LogP contribution in [0.4, 0.5) is 4.39 Å². The molecule has 0 aliphatic heterocycles. The number of ether oxygens (including phenoxy) is 1. The maximum atomic E-state index is 13.7. The first-order valence-electron chi connectivity index (χ1n) is 6.57. The van der Waals surface area contributed by atoms with E-state index < -0.39 is 0 Å². The summed E-state index contributed by atoms with van der Waals surface area (Å²) in [4.78, 5) is 5.62. The Morgan fingerprint density at radius 3 is 2.85 bits per heavy atom. The number of para-hydroxylation sites is 1. The molecule has 0 spiro atoms. The Bertz CT molecular complexity index is 738. The number of halogens is 1. The van der Waals surface area contributed by atoms with Gasteiger partial charge in [0.05, 0.1) is 10.2 Å². The molecule has 4 heteroatoms. The molecule has 0 aliphatic rings. The van der Waals surface area contributed by atoms with Gasteiger partial charge in [0.25, 0.3) is 0 Å². The lowest BCUT2D eigenvalue weighted by atomic mass is 10.3. The molecule has 0 fully saturated rings. The van der Waals surface area contributed by atoms with E-state index in [4.69, 9.17) is 4.74 Å². The number of aromatic nitrogens is 1. The lowest BCUT2D eigenvalue weighted by molar-refractivity contribution is 0.447. The van der Waals surface area contributed by atoms with Crippen LogP contribution in [0.15, 0.2) is 42.6 Å². The van der Waals surface area contributed by atoms with Gasteiger partial charge in [0, 0.05) is 17.1 Å². The number of pyridine rings is 1. The Balaban J connectivity index is 2.01. The van der Waals surface area contributed by atoms with E-state index in [0.29, 0.717) is 5.75 Å². The lowest BCUT2D eigenvalue weighted by Gasteiger charge is -2.06. The second-order valence-electron chi connectivity index (χ2n) is 4.52. The summed E-state index contributed by atoms with van der Waals surface area (Å²) in [5.74, 6) is 0.542. The minimum Gasteiger partial charge on any atom is -0.453 e. The van der Waals surface area contributed by atoms with Crippen LogP contribution < -0.4 is 4.74 Å². The van der Waals surface area contributed by atoms with Gasteiger partial charge in [0.2, 0.25) is 0 Å². The summed E-state index contributed by atoms with van der Waals surface area (Å²) in [6, 6.07) is 10.3. The number of aryl methyl sites for hydroxylation is 1. The van der Waals surface area contributed by atoms with E-state index in [-0.39, 0.29) is 11.6 Å². The molecule has 0 unspecified atom stereocenters. The highest BCUT2D eigenvalue weighted by Crippen LogP contribution is 2.35. The third kappa shape index (κ3) is 2.51. The molecule has 0 amide bonds. The second-order valence-corrected chi connectivity index (χ2v) is 5.66. The Hall–Kier alpha value is -1.94. The normalized spacial score (nSPS) is 10.9. The average molecular weight is 287 g/mol. The van der Waals surface area contributed by atoms with Crippen LogP contribution in [0.5, 0.6) is 11.5 Å². The van der Waals surface area contributed by atoms with Crippen LogP contribution in [0.25, 0.3) is 10.2 Å². The summed E-state index contributed by atoms with van der Waals surface area (Å²) in [5.41, 5.74) is 0.910. The van der Waals surface area contributed by atoms with Crippen LogP contribution in [0.1, 0.15) is 18.2 Å². The number of hydrogen-bond acceptors (Lipinski definition) is 3. The second kappa shape index (κ2) is 5.59. The fourth-order valence-electron chi connectivity index (χ4n) is 2.06. The molecule has 20 heavy (non-hydrogen) atoms. The van der Waals surface area contributed by atoms with Gasteiger partial charge in [-0.2, -0.15) is 0 Å². The number of fused-ring (bicyclic) bond motifs is 1. The molecule has 2 aromatic heterocycles. The van der Waals surface area contributed by atoms with Gasteiger partial charge < -0.3 is 4.74 Å². The number of hydrogen-bond donors (Lipinski definition) is 0. The summed E-state index contributed by atoms with van der Waals surface area (Å²) in [5, 5.41) is 0. The molecule has 0 radical (unpaired) electrons. The van der Waals surface area contributed by atoms with E-state index in [2.05, 4.69) is 18.0 Å². The number of nitrogens with zero attached hydrogens (tertiary/aromatic N) is 1. The topological polar surface area (TPSA) is 22.1 Å². The monoisotopic (exact) mass is 287 g/mol. The SMILES string of the molecule is CCCc1cc2nccc(Oc3ccccc3F)c2s1. The maximum Gasteiger partial charge on any atom is 0.165 e. The Kier molecular flexibility index (Phi) is 3.65. The fourth-order valence-corrected chi connectivity index (χ4v) is 3.23. The number of rotatable bonds is 4. The smallest absolute Gasteiger partial charge is 0.165 e. The highest BCUT2D eigenvalue weighted by atomic mass is 32.1. The van der Waals surface area contributed by atoms with Gasteiger partial charge in [-0.05, 0) is 24.6 Å². The van der Waals surface area contributed by atoms with Gasteiger partial charge >= 0.3 is 0 Å². The van der Waals surface area contributed by atoms with Gasteiger partial charge in [0.15, 0.2) is 11.6 Å². The predicted molar refractivity (Wildman–Crippen MR) is 80.1 cm³/mol. The molecule has 0 saturated heterocycles. The van der Waals surface area contributed by atoms with Crippen molar-refractivity contribution in [1.29, 1.82) is 0 Å². The minimum atomic E-state index is -0.359. The average Bonchev–Trinajstić information content (AvgIpc) is 2.85. The van der Waals surface area contributed by atoms with Crippen molar-refractivity contribution >= 4 is 21.6 Å². The van der Waals surface area contributed by atoms with Crippen molar-refractivity contribution in [1.82, 2.24) is 4.98 Å². The summed E-state index contributed by atoms with van der Waals surface area (Å²) in [6.45, 7) is 2.15. The molecular weight excluding hydrogens is 273 g/mol. The zero-order chi connectivity index (χ0) is 13.9. The van der Waals surface area contributed by atoms with Crippen molar-refractivity contribution in [2.45, 2.75) is 19.8 Å². The highest BCUT2D eigenvalue weighted by molar-refractivity contribution is 7.19. The maximum absolute atomic E-state index is 13.7. The third-order valence-electron chi connectivity index (χ3n) is 2.98. The Labute approximate surface area is 120 Å². The number of benzene rings is 1. The van der Waals surface area contributed by atoms with Crippen LogP contribution in [-0.2, 0) is 6.42 Å². The van der Waals surface area contributed by atoms with E-state index in [9.17, 15) is 4.39 Å². The first kappa shape index (κ1) is 13.1. The Morgan fingerprint density at radius 1 is 1.20 bits per heavy atom. The van der Waals surface area contributed by atoms with E-state index in [1.807, 2.05) is 0 Å². The molecule has 0 atom stereocenters. The zero-order valence-electron chi connectivity index (χ0n) is 11.1. The summed E-state index contributed by atoms with van der Waals surface area (Å²) in [7, 11) is 0. The van der Waals surface area contributed by atoms with Crippen LogP contribution in [0.2, 0.25) is 0 Å². The first-order chi connectivity index (χ1) is 9.78. The lowest BCUT2D eigenvalue weighted by Crippen LogP contribution is -1.88.